The summed E-state index contributed by atoms with van der Waals surface area (Å²) in [5, 5.41) is 0. The normalized spacial score (nSPS) is 18.4. The van der Waals surface area contributed by atoms with Gasteiger partial charge in [0.25, 0.3) is 0 Å². The Labute approximate surface area is 114 Å². The molecule has 0 aliphatic carbocycles. The molecule has 1 aromatic carbocycles. The fourth-order valence-electron chi connectivity index (χ4n) is 2.17. The van der Waals surface area contributed by atoms with Crippen LogP contribution in [-0.4, -0.2) is 36.2 Å². The highest BCUT2D eigenvalue weighted by atomic mass is 35.5. The van der Waals surface area contributed by atoms with Crippen LogP contribution in [-0.2, 0) is 0 Å². The lowest BCUT2D eigenvalue weighted by atomic mass is 9.99. The molecule has 0 N–H and O–H groups in total. The highest BCUT2D eigenvalue weighted by molar-refractivity contribution is 7.99. The molecule has 0 saturated carbocycles. The topological polar surface area (TPSA) is 3.24 Å². The summed E-state index contributed by atoms with van der Waals surface area (Å²) in [6.45, 7) is 3.66. The van der Waals surface area contributed by atoms with Gasteiger partial charge >= 0.3 is 0 Å². The molecule has 94 valence electrons. The first-order valence-corrected chi connectivity index (χ1v) is 7.86. The number of rotatable bonds is 5. The van der Waals surface area contributed by atoms with E-state index in [9.17, 15) is 0 Å². The lowest BCUT2D eigenvalue weighted by Gasteiger charge is -2.30. The number of likely N-dealkylation sites (tertiary alicyclic amines) is 1. The summed E-state index contributed by atoms with van der Waals surface area (Å²) >= 11 is 7.84. The van der Waals surface area contributed by atoms with E-state index in [1.54, 1.807) is 0 Å². The molecule has 1 saturated heterocycles. The van der Waals surface area contributed by atoms with E-state index in [2.05, 4.69) is 35.2 Å². The second-order valence-electron chi connectivity index (χ2n) is 4.60. The van der Waals surface area contributed by atoms with E-state index in [0.717, 1.165) is 11.8 Å². The molecule has 17 heavy (non-hydrogen) atoms. The second kappa shape index (κ2) is 7.30. The quantitative estimate of drug-likeness (QED) is 0.592. The highest BCUT2D eigenvalue weighted by Gasteiger charge is 2.17. The molecular formula is C14H20ClNS. The van der Waals surface area contributed by atoms with E-state index in [0.29, 0.717) is 0 Å². The van der Waals surface area contributed by atoms with Crippen molar-refractivity contribution in [2.45, 2.75) is 17.7 Å². The average Bonchev–Trinajstić information content (AvgIpc) is 2.41. The maximum absolute atomic E-state index is 5.89. The first kappa shape index (κ1) is 13.3. The number of piperidine rings is 1. The molecule has 2 rings (SSSR count). The van der Waals surface area contributed by atoms with Gasteiger partial charge in [0.05, 0.1) is 0 Å². The number of nitrogens with zero attached hydrogens (tertiary/aromatic N) is 1. The molecule has 1 aliphatic heterocycles. The lowest BCUT2D eigenvalue weighted by molar-refractivity contribution is 0.204. The third-order valence-electron chi connectivity index (χ3n) is 3.34. The van der Waals surface area contributed by atoms with E-state index in [4.69, 9.17) is 11.6 Å². The fourth-order valence-corrected chi connectivity index (χ4v) is 3.42. The van der Waals surface area contributed by atoms with Crippen molar-refractivity contribution in [2.24, 2.45) is 5.92 Å². The fraction of sp³-hybridized carbons (Fsp3) is 0.571. The molecule has 0 spiro atoms. The van der Waals surface area contributed by atoms with Crippen LogP contribution in [0, 0.1) is 5.92 Å². The molecular weight excluding hydrogens is 250 g/mol. The third-order valence-corrected chi connectivity index (χ3v) is 4.77. The number of halogens is 1. The summed E-state index contributed by atoms with van der Waals surface area (Å²) < 4.78 is 0. The molecule has 0 unspecified atom stereocenters. The van der Waals surface area contributed by atoms with Crippen molar-refractivity contribution in [1.29, 1.82) is 0 Å². The number of hydrogen-bond donors (Lipinski definition) is 0. The molecule has 1 fully saturated rings. The summed E-state index contributed by atoms with van der Waals surface area (Å²) in [6, 6.07) is 10.7. The Kier molecular flexibility index (Phi) is 5.69. The molecule has 1 heterocycles. The van der Waals surface area contributed by atoms with Crippen LogP contribution in [0.25, 0.3) is 0 Å². The largest absolute Gasteiger partial charge is 0.302 e. The zero-order valence-electron chi connectivity index (χ0n) is 10.1. The minimum absolute atomic E-state index is 0.759. The van der Waals surface area contributed by atoms with Crippen LogP contribution in [0.15, 0.2) is 35.2 Å². The van der Waals surface area contributed by atoms with Gasteiger partial charge in [-0.2, -0.15) is 0 Å². The zero-order chi connectivity index (χ0) is 11.9. The summed E-state index contributed by atoms with van der Waals surface area (Å²) in [5.41, 5.74) is 0. The van der Waals surface area contributed by atoms with E-state index < -0.39 is 0 Å². The smallest absolute Gasteiger partial charge is 0.0252 e. The molecule has 1 nitrogen and oxygen atoms in total. The Hall–Kier alpha value is -0.180. The maximum atomic E-state index is 5.89. The van der Waals surface area contributed by atoms with Gasteiger partial charge in [-0.3, -0.25) is 0 Å². The number of thioether (sulfide) groups is 1. The predicted molar refractivity (Wildman–Crippen MR) is 77.1 cm³/mol. The van der Waals surface area contributed by atoms with Crippen LogP contribution >= 0.6 is 23.4 Å². The zero-order valence-corrected chi connectivity index (χ0v) is 11.7. The standard InChI is InChI=1S/C14H20ClNS/c15-12-13-6-8-16(9-7-13)10-11-17-14-4-2-1-3-5-14/h1-5,13H,6-12H2. The Morgan fingerprint density at radius 3 is 2.53 bits per heavy atom. The molecule has 0 amide bonds. The number of hydrogen-bond acceptors (Lipinski definition) is 2. The van der Waals surface area contributed by atoms with E-state index >= 15 is 0 Å². The Morgan fingerprint density at radius 1 is 1.18 bits per heavy atom. The Balaban J connectivity index is 1.63. The van der Waals surface area contributed by atoms with Gasteiger partial charge in [0.15, 0.2) is 0 Å². The van der Waals surface area contributed by atoms with Crippen molar-refractivity contribution < 1.29 is 0 Å². The second-order valence-corrected chi connectivity index (χ2v) is 6.08. The summed E-state index contributed by atoms with van der Waals surface area (Å²) in [7, 11) is 0. The molecule has 1 aromatic rings. The van der Waals surface area contributed by atoms with Crippen molar-refractivity contribution in [3.05, 3.63) is 30.3 Å². The molecule has 0 bridgehead atoms. The minimum Gasteiger partial charge on any atom is -0.302 e. The van der Waals surface area contributed by atoms with Gasteiger partial charge in [-0.15, -0.1) is 23.4 Å². The van der Waals surface area contributed by atoms with Crippen LogP contribution in [0.5, 0.6) is 0 Å². The van der Waals surface area contributed by atoms with E-state index in [1.807, 2.05) is 11.8 Å². The van der Waals surface area contributed by atoms with Crippen LogP contribution in [0.2, 0.25) is 0 Å². The molecule has 0 radical (unpaired) electrons. The lowest BCUT2D eigenvalue weighted by Crippen LogP contribution is -2.35. The van der Waals surface area contributed by atoms with Crippen LogP contribution in [0.1, 0.15) is 12.8 Å². The van der Waals surface area contributed by atoms with Crippen molar-refractivity contribution in [2.75, 3.05) is 31.3 Å². The SMILES string of the molecule is ClCC1CCN(CCSc2ccccc2)CC1. The Morgan fingerprint density at radius 2 is 1.88 bits per heavy atom. The maximum Gasteiger partial charge on any atom is 0.0252 e. The van der Waals surface area contributed by atoms with Gasteiger partial charge in [0, 0.05) is 23.1 Å². The Bertz CT molecular complexity index is 309. The van der Waals surface area contributed by atoms with Gasteiger partial charge in [0.2, 0.25) is 0 Å². The molecule has 0 atom stereocenters. The van der Waals surface area contributed by atoms with Crippen LogP contribution in [0.4, 0.5) is 0 Å². The van der Waals surface area contributed by atoms with Crippen LogP contribution in [0.3, 0.4) is 0 Å². The number of alkyl halides is 1. The molecule has 1 aliphatic rings. The van der Waals surface area contributed by atoms with Gasteiger partial charge < -0.3 is 4.90 Å². The first-order valence-electron chi connectivity index (χ1n) is 6.34. The van der Waals surface area contributed by atoms with Crippen molar-refractivity contribution in [3.8, 4) is 0 Å². The molecule has 0 aromatic heterocycles. The van der Waals surface area contributed by atoms with Gasteiger partial charge in [-0.1, -0.05) is 18.2 Å². The monoisotopic (exact) mass is 269 g/mol. The first-order chi connectivity index (χ1) is 8.38. The predicted octanol–water partition coefficient (Wildman–Crippen LogP) is 3.73. The van der Waals surface area contributed by atoms with E-state index in [-0.39, 0.29) is 0 Å². The third kappa shape index (κ3) is 4.53. The van der Waals surface area contributed by atoms with Gasteiger partial charge in [-0.25, -0.2) is 0 Å². The molecule has 3 heteroatoms. The summed E-state index contributed by atoms with van der Waals surface area (Å²) in [4.78, 5) is 3.95. The van der Waals surface area contributed by atoms with Crippen molar-refractivity contribution >= 4 is 23.4 Å². The highest BCUT2D eigenvalue weighted by Crippen LogP contribution is 2.20. The van der Waals surface area contributed by atoms with Crippen LogP contribution < -0.4 is 0 Å². The van der Waals surface area contributed by atoms with Crippen molar-refractivity contribution in [1.82, 2.24) is 4.90 Å². The van der Waals surface area contributed by atoms with Gasteiger partial charge in [0.1, 0.15) is 0 Å². The van der Waals surface area contributed by atoms with Crippen molar-refractivity contribution in [3.63, 3.8) is 0 Å². The average molecular weight is 270 g/mol. The summed E-state index contributed by atoms with van der Waals surface area (Å²) in [6.07, 6.45) is 2.55. The van der Waals surface area contributed by atoms with Gasteiger partial charge in [-0.05, 0) is 44.0 Å². The number of benzene rings is 1. The summed E-state index contributed by atoms with van der Waals surface area (Å²) in [5.74, 6) is 2.79. The minimum atomic E-state index is 0.759. The van der Waals surface area contributed by atoms with E-state index in [1.165, 1.54) is 43.1 Å².